The van der Waals surface area contributed by atoms with Crippen LogP contribution in [0.1, 0.15) is 19.4 Å². The Hall–Kier alpha value is -1.39. The molecule has 18 heavy (non-hydrogen) atoms. The summed E-state index contributed by atoms with van der Waals surface area (Å²) in [6, 6.07) is 9.49. The molecule has 4 nitrogen and oxygen atoms in total. The van der Waals surface area contributed by atoms with Gasteiger partial charge in [-0.2, -0.15) is 0 Å². The van der Waals surface area contributed by atoms with Gasteiger partial charge in [0, 0.05) is 0 Å². The van der Waals surface area contributed by atoms with Crippen molar-refractivity contribution in [2.45, 2.75) is 32.4 Å². The van der Waals surface area contributed by atoms with Crippen LogP contribution in [0.15, 0.2) is 30.3 Å². The maximum Gasteiger partial charge on any atom is 0.246 e. The highest BCUT2D eigenvalue weighted by Crippen LogP contribution is 2.02. The Balaban J connectivity index is 2.40. The summed E-state index contributed by atoms with van der Waals surface area (Å²) in [7, 11) is 0. The number of hydrogen-bond donors (Lipinski definition) is 2. The maximum atomic E-state index is 11.6. The fourth-order valence-electron chi connectivity index (χ4n) is 1.57. The topological polar surface area (TPSA) is 58.6 Å². The van der Waals surface area contributed by atoms with Crippen LogP contribution in [0.5, 0.6) is 0 Å². The highest BCUT2D eigenvalue weighted by Gasteiger charge is 2.12. The van der Waals surface area contributed by atoms with E-state index in [-0.39, 0.29) is 31.3 Å². The molecule has 0 bridgehead atoms. The van der Waals surface area contributed by atoms with Crippen molar-refractivity contribution < 1.29 is 14.6 Å². The van der Waals surface area contributed by atoms with Gasteiger partial charge in [-0.05, 0) is 25.8 Å². The van der Waals surface area contributed by atoms with Gasteiger partial charge in [0.25, 0.3) is 0 Å². The lowest BCUT2D eigenvalue weighted by molar-refractivity contribution is -0.128. The van der Waals surface area contributed by atoms with Crippen LogP contribution in [0.3, 0.4) is 0 Å². The molecule has 0 heterocycles. The number of nitrogens with one attached hydrogen (secondary N) is 1. The Morgan fingerprint density at radius 2 is 2.00 bits per heavy atom. The van der Waals surface area contributed by atoms with Gasteiger partial charge in [0.05, 0.1) is 18.8 Å². The van der Waals surface area contributed by atoms with E-state index in [2.05, 4.69) is 5.32 Å². The van der Waals surface area contributed by atoms with Crippen LogP contribution in [0.25, 0.3) is 0 Å². The van der Waals surface area contributed by atoms with Gasteiger partial charge < -0.3 is 15.2 Å². The molecule has 0 fully saturated rings. The van der Waals surface area contributed by atoms with E-state index >= 15 is 0 Å². The van der Waals surface area contributed by atoms with Crippen LogP contribution in [-0.2, 0) is 16.0 Å². The molecule has 0 aliphatic carbocycles. The molecule has 0 saturated heterocycles. The summed E-state index contributed by atoms with van der Waals surface area (Å²) in [5.41, 5.74) is 1.08. The Labute approximate surface area is 108 Å². The van der Waals surface area contributed by atoms with Gasteiger partial charge in [-0.15, -0.1) is 0 Å². The molecule has 0 aliphatic rings. The molecule has 100 valence electrons. The smallest absolute Gasteiger partial charge is 0.246 e. The fourth-order valence-corrected chi connectivity index (χ4v) is 1.57. The first-order chi connectivity index (χ1) is 8.61. The molecule has 1 unspecified atom stereocenters. The second-order valence-corrected chi connectivity index (χ2v) is 4.50. The van der Waals surface area contributed by atoms with Crippen LogP contribution in [0.2, 0.25) is 0 Å². The third kappa shape index (κ3) is 5.80. The number of aliphatic hydroxyl groups is 1. The van der Waals surface area contributed by atoms with Crippen LogP contribution in [-0.4, -0.2) is 36.4 Å². The van der Waals surface area contributed by atoms with Crippen molar-refractivity contribution in [2.75, 3.05) is 13.2 Å². The van der Waals surface area contributed by atoms with E-state index < -0.39 is 0 Å². The lowest BCUT2D eigenvalue weighted by Crippen LogP contribution is -2.41. The fraction of sp³-hybridized carbons (Fsp3) is 0.500. The number of carbonyl (C=O) groups excluding carboxylic acids is 1. The zero-order valence-electron chi connectivity index (χ0n) is 10.9. The van der Waals surface area contributed by atoms with Crippen LogP contribution in [0, 0.1) is 0 Å². The molecule has 0 aliphatic heterocycles. The van der Waals surface area contributed by atoms with Gasteiger partial charge in [0.15, 0.2) is 0 Å². The molecule has 0 aromatic heterocycles. The third-order valence-electron chi connectivity index (χ3n) is 2.46. The minimum Gasteiger partial charge on any atom is -0.394 e. The Kier molecular flexibility index (Phi) is 6.39. The predicted octanol–water partition coefficient (Wildman–Crippen LogP) is 1.13. The minimum atomic E-state index is -0.268. The molecule has 1 atom stereocenters. The summed E-state index contributed by atoms with van der Waals surface area (Å²) in [5.74, 6) is -0.196. The maximum absolute atomic E-state index is 11.6. The molecule has 1 amide bonds. The molecule has 2 N–H and O–H groups in total. The van der Waals surface area contributed by atoms with E-state index in [0.717, 1.165) is 5.56 Å². The predicted molar refractivity (Wildman–Crippen MR) is 70.3 cm³/mol. The normalized spacial score (nSPS) is 12.4. The van der Waals surface area contributed by atoms with Crippen molar-refractivity contribution in [2.24, 2.45) is 0 Å². The summed E-state index contributed by atoms with van der Waals surface area (Å²) in [4.78, 5) is 11.6. The zero-order chi connectivity index (χ0) is 13.4. The zero-order valence-corrected chi connectivity index (χ0v) is 10.9. The molecule has 4 heteroatoms. The highest BCUT2D eigenvalue weighted by molar-refractivity contribution is 5.77. The van der Waals surface area contributed by atoms with Gasteiger partial charge in [-0.1, -0.05) is 30.3 Å². The average molecular weight is 251 g/mol. The number of carbonyl (C=O) groups is 1. The van der Waals surface area contributed by atoms with E-state index in [1.165, 1.54) is 0 Å². The Morgan fingerprint density at radius 3 is 2.56 bits per heavy atom. The lowest BCUT2D eigenvalue weighted by atomic mass is 10.1. The number of aliphatic hydroxyl groups excluding tert-OH is 1. The lowest BCUT2D eigenvalue weighted by Gasteiger charge is -2.17. The van der Waals surface area contributed by atoms with E-state index in [9.17, 15) is 9.90 Å². The van der Waals surface area contributed by atoms with Gasteiger partial charge in [0.2, 0.25) is 5.91 Å². The molecule has 0 radical (unpaired) electrons. The van der Waals surface area contributed by atoms with Crippen molar-refractivity contribution in [1.29, 1.82) is 0 Å². The Morgan fingerprint density at radius 1 is 1.33 bits per heavy atom. The second kappa shape index (κ2) is 7.84. The van der Waals surface area contributed by atoms with Gasteiger partial charge in [-0.3, -0.25) is 4.79 Å². The Bertz CT molecular complexity index is 351. The van der Waals surface area contributed by atoms with E-state index in [1.807, 2.05) is 44.2 Å². The van der Waals surface area contributed by atoms with Gasteiger partial charge in [0.1, 0.15) is 6.61 Å². The monoisotopic (exact) mass is 251 g/mol. The van der Waals surface area contributed by atoms with E-state index in [0.29, 0.717) is 6.42 Å². The number of benzene rings is 1. The molecule has 0 saturated carbocycles. The summed E-state index contributed by atoms with van der Waals surface area (Å²) in [6.07, 6.45) is 0.641. The van der Waals surface area contributed by atoms with Gasteiger partial charge >= 0.3 is 0 Å². The van der Waals surface area contributed by atoms with Crippen molar-refractivity contribution in [3.63, 3.8) is 0 Å². The third-order valence-corrected chi connectivity index (χ3v) is 2.46. The molecular weight excluding hydrogens is 230 g/mol. The van der Waals surface area contributed by atoms with Gasteiger partial charge in [-0.25, -0.2) is 0 Å². The SMILES string of the molecule is CC(C)OCC(=O)NC(CO)Cc1ccccc1. The molecular formula is C14H21NO3. The van der Waals surface area contributed by atoms with E-state index in [1.54, 1.807) is 0 Å². The van der Waals surface area contributed by atoms with Crippen molar-refractivity contribution >= 4 is 5.91 Å². The second-order valence-electron chi connectivity index (χ2n) is 4.50. The van der Waals surface area contributed by atoms with Crippen molar-refractivity contribution in [1.82, 2.24) is 5.32 Å². The number of amides is 1. The summed E-state index contributed by atoms with van der Waals surface area (Å²) >= 11 is 0. The van der Waals surface area contributed by atoms with E-state index in [4.69, 9.17) is 4.74 Å². The van der Waals surface area contributed by atoms with Crippen molar-refractivity contribution in [3.8, 4) is 0 Å². The number of hydrogen-bond acceptors (Lipinski definition) is 3. The summed E-state index contributed by atoms with van der Waals surface area (Å²) in [5, 5.41) is 12.0. The standard InChI is InChI=1S/C14H21NO3/c1-11(2)18-10-14(17)15-13(9-16)8-12-6-4-3-5-7-12/h3-7,11,13,16H,8-10H2,1-2H3,(H,15,17). The minimum absolute atomic E-state index is 0.0254. The number of ether oxygens (including phenoxy) is 1. The number of rotatable bonds is 7. The first-order valence-corrected chi connectivity index (χ1v) is 6.17. The highest BCUT2D eigenvalue weighted by atomic mass is 16.5. The first kappa shape index (κ1) is 14.7. The summed E-state index contributed by atoms with van der Waals surface area (Å²) < 4.78 is 5.21. The van der Waals surface area contributed by atoms with Crippen LogP contribution < -0.4 is 5.32 Å². The molecule has 1 rings (SSSR count). The quantitative estimate of drug-likeness (QED) is 0.764. The largest absolute Gasteiger partial charge is 0.394 e. The van der Waals surface area contributed by atoms with Crippen LogP contribution >= 0.6 is 0 Å². The van der Waals surface area contributed by atoms with Crippen molar-refractivity contribution in [3.05, 3.63) is 35.9 Å². The molecule has 1 aromatic carbocycles. The molecule has 0 spiro atoms. The summed E-state index contributed by atoms with van der Waals surface area (Å²) in [6.45, 7) is 3.70. The molecule has 1 aromatic rings. The first-order valence-electron chi connectivity index (χ1n) is 6.17. The average Bonchev–Trinajstić information content (AvgIpc) is 2.37. The van der Waals surface area contributed by atoms with Crippen LogP contribution in [0.4, 0.5) is 0 Å².